The lowest BCUT2D eigenvalue weighted by atomic mass is 10.1. The summed E-state index contributed by atoms with van der Waals surface area (Å²) in [5.41, 5.74) is 0.806. The van der Waals surface area contributed by atoms with Crippen molar-refractivity contribution in [1.29, 1.82) is 0 Å². The van der Waals surface area contributed by atoms with Crippen molar-refractivity contribution < 1.29 is 9.53 Å². The zero-order chi connectivity index (χ0) is 10.1. The van der Waals surface area contributed by atoms with E-state index in [9.17, 15) is 4.79 Å². The van der Waals surface area contributed by atoms with E-state index in [1.54, 1.807) is 7.11 Å². The van der Waals surface area contributed by atoms with E-state index in [2.05, 4.69) is 6.92 Å². The molecule has 1 aromatic carbocycles. The molecule has 74 valence electrons. The fourth-order valence-electron chi connectivity index (χ4n) is 1.66. The third kappa shape index (κ3) is 1.65. The van der Waals surface area contributed by atoms with Gasteiger partial charge in [-0.3, -0.25) is 4.79 Å². The van der Waals surface area contributed by atoms with Crippen molar-refractivity contribution in [2.45, 2.75) is 13.3 Å². The average Bonchev–Trinajstić information content (AvgIpc) is 2.95. The van der Waals surface area contributed by atoms with Gasteiger partial charge in [0.1, 0.15) is 5.75 Å². The molecule has 0 saturated heterocycles. The molecule has 0 N–H and O–H groups in total. The zero-order valence-electron chi connectivity index (χ0n) is 8.49. The van der Waals surface area contributed by atoms with Gasteiger partial charge in [-0.25, -0.2) is 0 Å². The lowest BCUT2D eigenvalue weighted by Crippen LogP contribution is -2.02. The average molecular weight is 190 g/mol. The first kappa shape index (κ1) is 9.25. The minimum atomic E-state index is 0.267. The fraction of sp³-hybridized carbons (Fsp3) is 0.417. The smallest absolute Gasteiger partial charge is 0.166 e. The SMILES string of the molecule is COc1ccc(C(=O)C2CC2C)cc1. The zero-order valence-corrected chi connectivity index (χ0v) is 8.49. The van der Waals surface area contributed by atoms with Gasteiger partial charge >= 0.3 is 0 Å². The molecule has 2 atom stereocenters. The molecule has 1 fully saturated rings. The number of methoxy groups -OCH3 is 1. The second-order valence-corrected chi connectivity index (χ2v) is 3.91. The topological polar surface area (TPSA) is 26.3 Å². The molecule has 2 rings (SSSR count). The van der Waals surface area contributed by atoms with Crippen molar-refractivity contribution in [3.05, 3.63) is 29.8 Å². The minimum Gasteiger partial charge on any atom is -0.497 e. The van der Waals surface area contributed by atoms with Gasteiger partial charge < -0.3 is 4.74 Å². The molecule has 0 spiro atoms. The molecule has 0 aliphatic heterocycles. The van der Waals surface area contributed by atoms with Crippen molar-refractivity contribution in [1.82, 2.24) is 0 Å². The highest BCUT2D eigenvalue weighted by atomic mass is 16.5. The Hall–Kier alpha value is -1.31. The Balaban J connectivity index is 2.13. The van der Waals surface area contributed by atoms with Crippen LogP contribution in [0.4, 0.5) is 0 Å². The van der Waals surface area contributed by atoms with Crippen LogP contribution in [0, 0.1) is 11.8 Å². The van der Waals surface area contributed by atoms with Crippen LogP contribution in [-0.2, 0) is 0 Å². The van der Waals surface area contributed by atoms with E-state index in [1.165, 1.54) is 0 Å². The Kier molecular flexibility index (Phi) is 2.28. The molecule has 1 aliphatic carbocycles. The normalized spacial score (nSPS) is 24.4. The summed E-state index contributed by atoms with van der Waals surface area (Å²) in [5, 5.41) is 0. The number of hydrogen-bond acceptors (Lipinski definition) is 2. The molecule has 1 aliphatic rings. The molecule has 0 amide bonds. The van der Waals surface area contributed by atoms with Crippen LogP contribution in [0.1, 0.15) is 23.7 Å². The van der Waals surface area contributed by atoms with E-state index in [0.717, 1.165) is 17.7 Å². The van der Waals surface area contributed by atoms with E-state index >= 15 is 0 Å². The summed E-state index contributed by atoms with van der Waals surface area (Å²) >= 11 is 0. The first-order valence-corrected chi connectivity index (χ1v) is 4.90. The molecule has 1 saturated carbocycles. The third-order valence-electron chi connectivity index (χ3n) is 2.82. The van der Waals surface area contributed by atoms with Crippen molar-refractivity contribution >= 4 is 5.78 Å². The van der Waals surface area contributed by atoms with Gasteiger partial charge in [-0.1, -0.05) is 6.92 Å². The Morgan fingerprint density at radius 3 is 2.36 bits per heavy atom. The highest BCUT2D eigenvalue weighted by molar-refractivity contribution is 5.99. The van der Waals surface area contributed by atoms with Crippen molar-refractivity contribution in [2.75, 3.05) is 7.11 Å². The highest BCUT2D eigenvalue weighted by Crippen LogP contribution is 2.40. The third-order valence-corrected chi connectivity index (χ3v) is 2.82. The molecule has 2 unspecified atom stereocenters. The summed E-state index contributed by atoms with van der Waals surface area (Å²) < 4.78 is 5.03. The van der Waals surface area contributed by atoms with Gasteiger partial charge in [0.2, 0.25) is 0 Å². The number of ketones is 1. The Bertz CT molecular complexity index is 340. The standard InChI is InChI=1S/C12H14O2/c1-8-7-11(8)12(13)9-3-5-10(14-2)6-4-9/h3-6,8,11H,7H2,1-2H3. The van der Waals surface area contributed by atoms with Crippen LogP contribution in [0.3, 0.4) is 0 Å². The van der Waals surface area contributed by atoms with Gasteiger partial charge in [-0.15, -0.1) is 0 Å². The molecule has 2 nitrogen and oxygen atoms in total. The summed E-state index contributed by atoms with van der Waals surface area (Å²) in [6, 6.07) is 7.35. The van der Waals surface area contributed by atoms with Gasteiger partial charge in [0.15, 0.2) is 5.78 Å². The number of benzene rings is 1. The van der Waals surface area contributed by atoms with E-state index in [-0.39, 0.29) is 11.7 Å². The van der Waals surface area contributed by atoms with Gasteiger partial charge in [-0.05, 0) is 36.6 Å². The first-order chi connectivity index (χ1) is 6.72. The molecule has 14 heavy (non-hydrogen) atoms. The second-order valence-electron chi connectivity index (χ2n) is 3.91. The van der Waals surface area contributed by atoms with Crippen LogP contribution in [0.5, 0.6) is 5.75 Å². The van der Waals surface area contributed by atoms with Gasteiger partial charge in [0.05, 0.1) is 7.11 Å². The molecular formula is C12H14O2. The predicted molar refractivity (Wildman–Crippen MR) is 54.6 cm³/mol. The summed E-state index contributed by atoms with van der Waals surface area (Å²) in [6.45, 7) is 2.12. The van der Waals surface area contributed by atoms with Crippen LogP contribution in [0.2, 0.25) is 0 Å². The van der Waals surface area contributed by atoms with Gasteiger partial charge in [-0.2, -0.15) is 0 Å². The number of hydrogen-bond donors (Lipinski definition) is 0. The van der Waals surface area contributed by atoms with E-state index in [4.69, 9.17) is 4.74 Å². The molecule has 0 heterocycles. The summed E-state index contributed by atoms with van der Waals surface area (Å²) in [4.78, 5) is 11.8. The fourth-order valence-corrected chi connectivity index (χ4v) is 1.66. The van der Waals surface area contributed by atoms with Crippen molar-refractivity contribution in [2.24, 2.45) is 11.8 Å². The highest BCUT2D eigenvalue weighted by Gasteiger charge is 2.39. The number of rotatable bonds is 3. The summed E-state index contributed by atoms with van der Waals surface area (Å²) in [5.74, 6) is 1.92. The molecule has 0 aromatic heterocycles. The minimum absolute atomic E-state index is 0.267. The Morgan fingerprint density at radius 1 is 1.36 bits per heavy atom. The second kappa shape index (κ2) is 3.45. The van der Waals surface area contributed by atoms with Gasteiger partial charge in [0, 0.05) is 11.5 Å². The predicted octanol–water partition coefficient (Wildman–Crippen LogP) is 2.53. The number of ether oxygens (including phenoxy) is 1. The molecule has 0 bridgehead atoms. The quantitative estimate of drug-likeness (QED) is 0.684. The number of carbonyl (C=O) groups excluding carboxylic acids is 1. The van der Waals surface area contributed by atoms with E-state index < -0.39 is 0 Å². The molecule has 0 radical (unpaired) electrons. The Morgan fingerprint density at radius 2 is 1.93 bits per heavy atom. The lowest BCUT2D eigenvalue weighted by Gasteiger charge is -2.01. The summed E-state index contributed by atoms with van der Waals surface area (Å²) in [7, 11) is 1.62. The number of Topliss-reactive ketones (excluding diaryl/α,β-unsaturated/α-hetero) is 1. The van der Waals surface area contributed by atoms with Crippen LogP contribution in [0.15, 0.2) is 24.3 Å². The van der Waals surface area contributed by atoms with Gasteiger partial charge in [0.25, 0.3) is 0 Å². The summed E-state index contributed by atoms with van der Waals surface area (Å²) in [6.07, 6.45) is 1.05. The van der Waals surface area contributed by atoms with Crippen molar-refractivity contribution in [3.8, 4) is 5.75 Å². The number of carbonyl (C=O) groups is 1. The molecule has 2 heteroatoms. The van der Waals surface area contributed by atoms with Crippen LogP contribution in [0.25, 0.3) is 0 Å². The Labute approximate surface area is 83.9 Å². The van der Waals surface area contributed by atoms with E-state index in [1.807, 2.05) is 24.3 Å². The van der Waals surface area contributed by atoms with Crippen LogP contribution < -0.4 is 4.74 Å². The maximum atomic E-state index is 11.8. The monoisotopic (exact) mass is 190 g/mol. The molecular weight excluding hydrogens is 176 g/mol. The lowest BCUT2D eigenvalue weighted by molar-refractivity contribution is 0.0962. The van der Waals surface area contributed by atoms with E-state index in [0.29, 0.717) is 5.92 Å². The maximum absolute atomic E-state index is 11.8. The van der Waals surface area contributed by atoms with Crippen molar-refractivity contribution in [3.63, 3.8) is 0 Å². The maximum Gasteiger partial charge on any atom is 0.166 e. The molecule has 1 aromatic rings. The van der Waals surface area contributed by atoms with Crippen LogP contribution >= 0.6 is 0 Å². The van der Waals surface area contributed by atoms with Crippen LogP contribution in [-0.4, -0.2) is 12.9 Å². The first-order valence-electron chi connectivity index (χ1n) is 4.90. The largest absolute Gasteiger partial charge is 0.497 e.